The summed E-state index contributed by atoms with van der Waals surface area (Å²) in [5, 5.41) is 9.26. The van der Waals surface area contributed by atoms with Crippen LogP contribution in [0.15, 0.2) is 29.3 Å². The van der Waals surface area contributed by atoms with Crippen molar-refractivity contribution in [1.82, 2.24) is 8.87 Å². The Hall–Kier alpha value is -0.860. The molecule has 0 saturated carbocycles. The van der Waals surface area contributed by atoms with E-state index in [0.29, 0.717) is 16.6 Å². The van der Waals surface area contributed by atoms with Crippen LogP contribution in [0.25, 0.3) is 0 Å². The third kappa shape index (κ3) is 3.49. The van der Waals surface area contributed by atoms with E-state index in [0.717, 1.165) is 4.88 Å². The van der Waals surface area contributed by atoms with Crippen LogP contribution in [0.2, 0.25) is 4.34 Å². The van der Waals surface area contributed by atoms with Gasteiger partial charge in [0.25, 0.3) is 0 Å². The average Bonchev–Trinajstić information content (AvgIpc) is 3.04. The molecular formula is C13H17ClN2O3S2. The number of nitrogens with zero attached hydrogens (tertiary/aromatic N) is 2. The Kier molecular flexibility index (Phi) is 5.11. The lowest BCUT2D eigenvalue weighted by Gasteiger charge is -2.15. The molecule has 0 aliphatic rings. The summed E-state index contributed by atoms with van der Waals surface area (Å²) < 4.78 is 28.7. The van der Waals surface area contributed by atoms with Gasteiger partial charge in [0.1, 0.15) is 4.90 Å². The summed E-state index contributed by atoms with van der Waals surface area (Å²) in [6.45, 7) is 2.58. The summed E-state index contributed by atoms with van der Waals surface area (Å²) in [4.78, 5) is 1.07. The van der Waals surface area contributed by atoms with Crippen LogP contribution in [0.5, 0.6) is 0 Å². The first-order valence-electron chi connectivity index (χ1n) is 6.39. The molecule has 8 heteroatoms. The number of halogens is 1. The molecule has 21 heavy (non-hydrogen) atoms. The minimum absolute atomic E-state index is 0.187. The smallest absolute Gasteiger partial charge is 0.244 e. The molecule has 0 radical (unpaired) electrons. The van der Waals surface area contributed by atoms with Crippen LogP contribution in [0.3, 0.4) is 0 Å². The van der Waals surface area contributed by atoms with Crippen LogP contribution in [0.1, 0.15) is 17.5 Å². The number of aliphatic hydroxyl groups excluding tert-OH is 1. The molecule has 2 heterocycles. The molecule has 0 atom stereocenters. The van der Waals surface area contributed by atoms with Crippen molar-refractivity contribution in [2.24, 2.45) is 0 Å². The average molecular weight is 349 g/mol. The van der Waals surface area contributed by atoms with Gasteiger partial charge in [0, 0.05) is 36.9 Å². The summed E-state index contributed by atoms with van der Waals surface area (Å²) in [5.74, 6) is 0. The minimum atomic E-state index is -3.58. The third-order valence-electron chi connectivity index (χ3n) is 3.18. The van der Waals surface area contributed by atoms with Gasteiger partial charge in [-0.05, 0) is 25.1 Å². The van der Waals surface area contributed by atoms with Crippen molar-refractivity contribution in [1.29, 1.82) is 0 Å². The predicted molar refractivity (Wildman–Crippen MR) is 84.0 cm³/mol. The van der Waals surface area contributed by atoms with Crippen LogP contribution in [-0.2, 0) is 29.7 Å². The molecule has 0 spiro atoms. The SMILES string of the molecule is CCn1cc(S(=O)(=O)N(C)Cc2ccc(Cl)s2)cc1CO. The highest BCUT2D eigenvalue weighted by atomic mass is 35.5. The molecule has 0 aliphatic carbocycles. The van der Waals surface area contributed by atoms with Gasteiger partial charge in [-0.1, -0.05) is 11.6 Å². The molecule has 116 valence electrons. The fraction of sp³-hybridized carbons (Fsp3) is 0.385. The zero-order chi connectivity index (χ0) is 15.6. The second-order valence-electron chi connectivity index (χ2n) is 4.58. The highest BCUT2D eigenvalue weighted by molar-refractivity contribution is 7.89. The maximum Gasteiger partial charge on any atom is 0.244 e. The topological polar surface area (TPSA) is 62.5 Å². The number of hydrogen-bond acceptors (Lipinski definition) is 4. The van der Waals surface area contributed by atoms with Crippen LogP contribution < -0.4 is 0 Å². The van der Waals surface area contributed by atoms with E-state index in [1.165, 1.54) is 28.8 Å². The van der Waals surface area contributed by atoms with Crippen LogP contribution in [-0.4, -0.2) is 29.4 Å². The van der Waals surface area contributed by atoms with Gasteiger partial charge in [0.15, 0.2) is 0 Å². The molecule has 0 aliphatic heterocycles. The number of sulfonamides is 1. The summed E-state index contributed by atoms with van der Waals surface area (Å²) in [5.41, 5.74) is 0.587. The first-order valence-corrected chi connectivity index (χ1v) is 9.02. The van der Waals surface area contributed by atoms with Crippen LogP contribution in [0.4, 0.5) is 0 Å². The molecule has 2 aromatic heterocycles. The normalized spacial score (nSPS) is 12.2. The Morgan fingerprint density at radius 1 is 1.43 bits per heavy atom. The van der Waals surface area contributed by atoms with Crippen molar-refractivity contribution in [3.05, 3.63) is 39.3 Å². The number of aromatic nitrogens is 1. The van der Waals surface area contributed by atoms with E-state index in [4.69, 9.17) is 11.6 Å². The second-order valence-corrected chi connectivity index (χ2v) is 8.42. The summed E-state index contributed by atoms with van der Waals surface area (Å²) in [6.07, 6.45) is 1.55. The van der Waals surface area contributed by atoms with Gasteiger partial charge in [0.2, 0.25) is 10.0 Å². The Bertz CT molecular complexity index is 700. The number of hydrogen-bond donors (Lipinski definition) is 1. The molecule has 0 saturated heterocycles. The van der Waals surface area contributed by atoms with Crippen LogP contribution in [0, 0.1) is 0 Å². The Morgan fingerprint density at radius 2 is 2.14 bits per heavy atom. The largest absolute Gasteiger partial charge is 0.390 e. The van der Waals surface area contributed by atoms with E-state index < -0.39 is 10.0 Å². The van der Waals surface area contributed by atoms with Crippen molar-refractivity contribution in [2.45, 2.75) is 31.5 Å². The third-order valence-corrected chi connectivity index (χ3v) is 6.16. The van der Waals surface area contributed by atoms with Crippen molar-refractivity contribution in [2.75, 3.05) is 7.05 Å². The van der Waals surface area contributed by atoms with Crippen molar-refractivity contribution in [3.8, 4) is 0 Å². The maximum atomic E-state index is 12.5. The van der Waals surface area contributed by atoms with E-state index >= 15 is 0 Å². The quantitative estimate of drug-likeness (QED) is 0.872. The zero-order valence-corrected chi connectivity index (χ0v) is 14.2. The van der Waals surface area contributed by atoms with Crippen molar-refractivity contribution >= 4 is 33.0 Å². The Balaban J connectivity index is 2.26. The molecule has 1 N–H and O–H groups in total. The zero-order valence-electron chi connectivity index (χ0n) is 11.8. The number of rotatable bonds is 6. The van der Waals surface area contributed by atoms with Crippen LogP contribution >= 0.6 is 22.9 Å². The lowest BCUT2D eigenvalue weighted by Crippen LogP contribution is -2.25. The van der Waals surface area contributed by atoms with Gasteiger partial charge in [-0.2, -0.15) is 4.31 Å². The molecule has 2 rings (SSSR count). The second kappa shape index (κ2) is 6.50. The van der Waals surface area contributed by atoms with Gasteiger partial charge in [-0.3, -0.25) is 0 Å². The molecule has 0 fully saturated rings. The molecule has 0 bridgehead atoms. The maximum absolute atomic E-state index is 12.5. The minimum Gasteiger partial charge on any atom is -0.390 e. The Morgan fingerprint density at radius 3 is 2.62 bits per heavy atom. The standard InChI is InChI=1S/C13H17ClN2O3S2/c1-3-16-8-12(6-10(16)9-17)21(18,19)15(2)7-11-4-5-13(14)20-11/h4-6,8,17H,3,7,9H2,1-2H3. The molecule has 0 aromatic carbocycles. The number of aryl methyl sites for hydroxylation is 1. The van der Waals surface area contributed by atoms with E-state index in [-0.39, 0.29) is 18.0 Å². The van der Waals surface area contributed by atoms with Gasteiger partial charge in [0.05, 0.1) is 10.9 Å². The number of thiophene rings is 1. The molecule has 0 amide bonds. The predicted octanol–water partition coefficient (Wildman–Crippen LogP) is 2.54. The summed E-state index contributed by atoms with van der Waals surface area (Å²) in [6, 6.07) is 5.07. The Labute approximate surface area is 133 Å². The van der Waals surface area contributed by atoms with E-state index in [1.807, 2.05) is 13.0 Å². The summed E-state index contributed by atoms with van der Waals surface area (Å²) >= 11 is 7.22. The fourth-order valence-electron chi connectivity index (χ4n) is 2.01. The molecule has 5 nitrogen and oxygen atoms in total. The van der Waals surface area contributed by atoms with Crippen molar-refractivity contribution < 1.29 is 13.5 Å². The lowest BCUT2D eigenvalue weighted by atomic mass is 10.4. The fourth-order valence-corrected chi connectivity index (χ4v) is 4.45. The lowest BCUT2D eigenvalue weighted by molar-refractivity contribution is 0.271. The van der Waals surface area contributed by atoms with Crippen molar-refractivity contribution in [3.63, 3.8) is 0 Å². The number of aliphatic hydroxyl groups is 1. The molecule has 0 unspecified atom stereocenters. The monoisotopic (exact) mass is 348 g/mol. The van der Waals surface area contributed by atoms with Gasteiger partial charge < -0.3 is 9.67 Å². The van der Waals surface area contributed by atoms with Gasteiger partial charge in [-0.15, -0.1) is 11.3 Å². The van der Waals surface area contributed by atoms with E-state index in [9.17, 15) is 13.5 Å². The van der Waals surface area contributed by atoms with Gasteiger partial charge >= 0.3 is 0 Å². The van der Waals surface area contributed by atoms with E-state index in [2.05, 4.69) is 0 Å². The summed E-state index contributed by atoms with van der Waals surface area (Å²) in [7, 11) is -2.05. The van der Waals surface area contributed by atoms with E-state index in [1.54, 1.807) is 16.8 Å². The van der Waals surface area contributed by atoms with Gasteiger partial charge in [-0.25, -0.2) is 8.42 Å². The molecule has 2 aromatic rings. The molecular weight excluding hydrogens is 332 g/mol. The first kappa shape index (κ1) is 16.5. The highest BCUT2D eigenvalue weighted by Crippen LogP contribution is 2.25. The first-order chi connectivity index (χ1) is 9.88. The highest BCUT2D eigenvalue weighted by Gasteiger charge is 2.23.